The van der Waals surface area contributed by atoms with E-state index in [9.17, 15) is 4.39 Å². The number of halogens is 2. The lowest BCUT2D eigenvalue weighted by Gasteiger charge is -2.24. The first-order valence-electron chi connectivity index (χ1n) is 5.83. The molecule has 0 aliphatic rings. The van der Waals surface area contributed by atoms with E-state index in [1.165, 1.54) is 6.07 Å². The van der Waals surface area contributed by atoms with Gasteiger partial charge in [-0.2, -0.15) is 0 Å². The third kappa shape index (κ3) is 5.12. The molecule has 1 aromatic carbocycles. The summed E-state index contributed by atoms with van der Waals surface area (Å²) in [5.74, 6) is -0.218. The summed E-state index contributed by atoms with van der Waals surface area (Å²) in [6.07, 6.45) is 2.60. The second-order valence-corrected chi connectivity index (χ2v) is 7.59. The van der Waals surface area contributed by atoms with Crippen LogP contribution in [-0.4, -0.2) is 4.75 Å². The molecule has 1 rings (SSSR count). The van der Waals surface area contributed by atoms with Crippen molar-refractivity contribution >= 4 is 27.9 Å². The first-order chi connectivity index (χ1) is 8.33. The summed E-state index contributed by atoms with van der Waals surface area (Å²) in [6.45, 7) is 10.2. The highest BCUT2D eigenvalue weighted by Gasteiger charge is 2.18. The van der Waals surface area contributed by atoms with E-state index >= 15 is 0 Å². The Morgan fingerprint density at radius 1 is 1.50 bits per heavy atom. The van der Waals surface area contributed by atoms with E-state index in [4.69, 9.17) is 0 Å². The van der Waals surface area contributed by atoms with Crippen LogP contribution >= 0.6 is 27.9 Å². The maximum atomic E-state index is 13.3. The molecule has 0 aliphatic heterocycles. The zero-order chi connectivity index (χ0) is 13.8. The molecule has 0 radical (unpaired) electrons. The van der Waals surface area contributed by atoms with Crippen molar-refractivity contribution in [1.82, 2.24) is 4.72 Å². The second kappa shape index (κ2) is 6.73. The van der Waals surface area contributed by atoms with E-state index in [1.807, 2.05) is 6.08 Å². The van der Waals surface area contributed by atoms with Crippen LogP contribution in [0.3, 0.4) is 0 Å². The van der Waals surface area contributed by atoms with Crippen LogP contribution in [0.5, 0.6) is 0 Å². The summed E-state index contributed by atoms with van der Waals surface area (Å²) in [7, 11) is 0. The molecule has 0 amide bonds. The fourth-order valence-corrected chi connectivity index (χ4v) is 2.68. The number of rotatable bonds is 5. The highest BCUT2D eigenvalue weighted by molar-refractivity contribution is 9.10. The normalized spacial score (nSPS) is 13.4. The summed E-state index contributed by atoms with van der Waals surface area (Å²) < 4.78 is 17.8. The van der Waals surface area contributed by atoms with Crippen LogP contribution in [-0.2, 0) is 0 Å². The van der Waals surface area contributed by atoms with Crippen molar-refractivity contribution in [3.05, 3.63) is 46.7 Å². The minimum atomic E-state index is -0.218. The van der Waals surface area contributed by atoms with Gasteiger partial charge in [0.25, 0.3) is 0 Å². The summed E-state index contributed by atoms with van der Waals surface area (Å²) in [5, 5.41) is 0. The molecule has 0 fully saturated rings. The average Bonchev–Trinajstić information content (AvgIpc) is 2.26. The Hall–Kier alpha value is -0.320. The molecule has 4 heteroatoms. The van der Waals surface area contributed by atoms with Gasteiger partial charge in [0.05, 0.1) is 0 Å². The third-order valence-corrected chi connectivity index (χ3v) is 3.98. The maximum Gasteiger partial charge on any atom is 0.123 e. The first kappa shape index (κ1) is 15.7. The molecule has 1 atom stereocenters. The minimum absolute atomic E-state index is 0.0526. The van der Waals surface area contributed by atoms with Crippen molar-refractivity contribution in [3.8, 4) is 0 Å². The minimum Gasteiger partial charge on any atom is -0.256 e. The SMILES string of the molecule is C=CC[C@@H](NSC(C)(C)C)c1cc(F)ccc1Br. The van der Waals surface area contributed by atoms with E-state index < -0.39 is 0 Å². The smallest absolute Gasteiger partial charge is 0.123 e. The first-order valence-corrected chi connectivity index (χ1v) is 7.44. The molecular weight excluding hydrogens is 313 g/mol. The van der Waals surface area contributed by atoms with Crippen molar-refractivity contribution in [2.45, 2.75) is 38.0 Å². The molecular formula is C14H19BrFNS. The molecule has 0 aromatic heterocycles. The van der Waals surface area contributed by atoms with Crippen LogP contribution in [0.1, 0.15) is 38.8 Å². The van der Waals surface area contributed by atoms with Gasteiger partial charge in [-0.15, -0.1) is 6.58 Å². The Kier molecular flexibility index (Phi) is 5.89. The highest BCUT2D eigenvalue weighted by Crippen LogP contribution is 2.31. The third-order valence-electron chi connectivity index (χ3n) is 2.24. The summed E-state index contributed by atoms with van der Waals surface area (Å²) in [5.41, 5.74) is 0.923. The van der Waals surface area contributed by atoms with Crippen molar-refractivity contribution in [2.24, 2.45) is 0 Å². The van der Waals surface area contributed by atoms with E-state index in [1.54, 1.807) is 24.1 Å². The molecule has 0 spiro atoms. The Morgan fingerprint density at radius 3 is 2.72 bits per heavy atom. The van der Waals surface area contributed by atoms with Gasteiger partial charge in [0.1, 0.15) is 5.82 Å². The predicted molar refractivity (Wildman–Crippen MR) is 82.1 cm³/mol. The molecule has 100 valence electrons. The number of nitrogens with one attached hydrogen (secondary N) is 1. The van der Waals surface area contributed by atoms with Crippen LogP contribution in [0.25, 0.3) is 0 Å². The fourth-order valence-electron chi connectivity index (χ4n) is 1.43. The van der Waals surface area contributed by atoms with Gasteiger partial charge in [0.2, 0.25) is 0 Å². The zero-order valence-electron chi connectivity index (χ0n) is 11.0. The fraction of sp³-hybridized carbons (Fsp3) is 0.429. The Balaban J connectivity index is 2.89. The van der Waals surface area contributed by atoms with Crippen LogP contribution < -0.4 is 4.72 Å². The van der Waals surface area contributed by atoms with Crippen molar-refractivity contribution in [2.75, 3.05) is 0 Å². The van der Waals surface area contributed by atoms with Gasteiger partial charge in [-0.25, -0.2) is 4.39 Å². The maximum absolute atomic E-state index is 13.3. The lowest BCUT2D eigenvalue weighted by atomic mass is 10.0. The van der Waals surface area contributed by atoms with Crippen molar-refractivity contribution < 1.29 is 4.39 Å². The highest BCUT2D eigenvalue weighted by atomic mass is 79.9. The van der Waals surface area contributed by atoms with Gasteiger partial charge in [-0.05, 0) is 51.0 Å². The molecule has 1 aromatic rings. The quantitative estimate of drug-likeness (QED) is 0.584. The molecule has 18 heavy (non-hydrogen) atoms. The van der Waals surface area contributed by atoms with Crippen LogP contribution in [0.15, 0.2) is 35.3 Å². The summed E-state index contributed by atoms with van der Waals surface area (Å²) >= 11 is 5.12. The number of hydrogen-bond donors (Lipinski definition) is 1. The largest absolute Gasteiger partial charge is 0.256 e. The van der Waals surface area contributed by atoms with Crippen LogP contribution in [0.4, 0.5) is 4.39 Å². The topological polar surface area (TPSA) is 12.0 Å². The zero-order valence-corrected chi connectivity index (χ0v) is 13.4. The van der Waals surface area contributed by atoms with Gasteiger partial charge in [0, 0.05) is 15.3 Å². The number of hydrogen-bond acceptors (Lipinski definition) is 2. The Morgan fingerprint density at radius 2 is 2.17 bits per heavy atom. The number of benzene rings is 1. The molecule has 1 N–H and O–H groups in total. The van der Waals surface area contributed by atoms with Crippen LogP contribution in [0, 0.1) is 5.82 Å². The lowest BCUT2D eigenvalue weighted by Crippen LogP contribution is -2.21. The van der Waals surface area contributed by atoms with E-state index in [0.717, 1.165) is 16.5 Å². The molecule has 0 bridgehead atoms. The average molecular weight is 332 g/mol. The van der Waals surface area contributed by atoms with Gasteiger partial charge in [0.15, 0.2) is 0 Å². The Labute approximate surface area is 122 Å². The van der Waals surface area contributed by atoms with Crippen LogP contribution in [0.2, 0.25) is 0 Å². The predicted octanol–water partition coefficient (Wildman–Crippen LogP) is 5.24. The molecule has 1 nitrogen and oxygen atoms in total. The molecule has 0 saturated carbocycles. The van der Waals surface area contributed by atoms with E-state index in [2.05, 4.69) is 48.0 Å². The van der Waals surface area contributed by atoms with Crippen molar-refractivity contribution in [3.63, 3.8) is 0 Å². The Bertz CT molecular complexity index is 415. The van der Waals surface area contributed by atoms with Gasteiger partial charge < -0.3 is 0 Å². The standard InChI is InChI=1S/C14H19BrFNS/c1-5-6-13(17-18-14(2,3)4)11-9-10(16)7-8-12(11)15/h5,7-9,13,17H,1,6H2,2-4H3/t13-/m1/s1. The lowest BCUT2D eigenvalue weighted by molar-refractivity contribution is 0.612. The monoisotopic (exact) mass is 331 g/mol. The molecule has 0 unspecified atom stereocenters. The van der Waals surface area contributed by atoms with Gasteiger partial charge in [-0.1, -0.05) is 34.0 Å². The van der Waals surface area contributed by atoms with Crippen molar-refractivity contribution in [1.29, 1.82) is 0 Å². The molecule has 0 heterocycles. The van der Waals surface area contributed by atoms with E-state index in [0.29, 0.717) is 0 Å². The van der Waals surface area contributed by atoms with E-state index in [-0.39, 0.29) is 16.6 Å². The van der Waals surface area contributed by atoms with Gasteiger partial charge in [-0.3, -0.25) is 4.72 Å². The summed E-state index contributed by atoms with van der Waals surface area (Å²) in [6, 6.07) is 4.81. The second-order valence-electron chi connectivity index (χ2n) is 5.08. The van der Waals surface area contributed by atoms with Gasteiger partial charge >= 0.3 is 0 Å². The molecule has 0 aliphatic carbocycles. The molecule has 0 saturated heterocycles. The summed E-state index contributed by atoms with van der Waals surface area (Å²) in [4.78, 5) is 0.